The lowest BCUT2D eigenvalue weighted by Crippen LogP contribution is -2.23. The molecule has 110 valence electrons. The molecule has 0 saturated heterocycles. The normalized spacial score (nSPS) is 13.2. The number of rotatable bonds is 4. The van der Waals surface area contributed by atoms with Gasteiger partial charge in [-0.05, 0) is 47.2 Å². The molecule has 20 heavy (non-hydrogen) atoms. The van der Waals surface area contributed by atoms with Crippen LogP contribution < -0.4 is 5.32 Å². The number of halogens is 1. The molecular weight excluding hydrogens is 274 g/mol. The first-order valence-electron chi connectivity index (χ1n) is 6.85. The molecule has 1 unspecified atom stereocenters. The zero-order valence-electron chi connectivity index (χ0n) is 12.9. The Morgan fingerprint density at radius 1 is 1.25 bits per heavy atom. The molecule has 2 aromatic rings. The van der Waals surface area contributed by atoms with Gasteiger partial charge in [0.05, 0.1) is 23.0 Å². The highest BCUT2D eigenvalue weighted by Crippen LogP contribution is 2.35. The van der Waals surface area contributed by atoms with Crippen LogP contribution in [0.2, 0.25) is 5.02 Å². The van der Waals surface area contributed by atoms with Gasteiger partial charge in [-0.3, -0.25) is 4.68 Å². The summed E-state index contributed by atoms with van der Waals surface area (Å²) >= 11 is 6.37. The van der Waals surface area contributed by atoms with E-state index >= 15 is 0 Å². The lowest BCUT2D eigenvalue weighted by atomic mass is 9.99. The smallest absolute Gasteiger partial charge is 0.106 e. The van der Waals surface area contributed by atoms with Crippen molar-refractivity contribution < 1.29 is 4.42 Å². The topological polar surface area (TPSA) is 43.0 Å². The predicted molar refractivity (Wildman–Crippen MR) is 81.4 cm³/mol. The number of nitrogens with zero attached hydrogens (tertiary/aromatic N) is 2. The minimum Gasteiger partial charge on any atom is -0.466 e. The molecule has 4 nitrogen and oxygen atoms in total. The van der Waals surface area contributed by atoms with Gasteiger partial charge in [-0.1, -0.05) is 11.6 Å². The van der Waals surface area contributed by atoms with Gasteiger partial charge in [0.25, 0.3) is 0 Å². The first kappa shape index (κ1) is 15.1. The summed E-state index contributed by atoms with van der Waals surface area (Å²) in [6, 6.07) is 0.229. The van der Waals surface area contributed by atoms with Crippen molar-refractivity contribution in [3.8, 4) is 0 Å². The van der Waals surface area contributed by atoms with E-state index < -0.39 is 0 Å². The number of hydrogen-bond donors (Lipinski definition) is 1. The van der Waals surface area contributed by atoms with Crippen LogP contribution in [0.25, 0.3) is 0 Å². The van der Waals surface area contributed by atoms with Crippen LogP contribution in [0.5, 0.6) is 0 Å². The molecule has 0 bridgehead atoms. The summed E-state index contributed by atoms with van der Waals surface area (Å²) in [7, 11) is 1.93. The van der Waals surface area contributed by atoms with Gasteiger partial charge in [-0.15, -0.1) is 0 Å². The summed E-state index contributed by atoms with van der Waals surface area (Å²) < 4.78 is 7.72. The minimum absolute atomic E-state index is 0.0233. The van der Waals surface area contributed by atoms with Crippen LogP contribution >= 0.6 is 11.6 Å². The van der Waals surface area contributed by atoms with Crippen LogP contribution in [0, 0.1) is 20.8 Å². The van der Waals surface area contributed by atoms with E-state index in [1.54, 1.807) is 6.20 Å². The Morgan fingerprint density at radius 2 is 1.90 bits per heavy atom. The van der Waals surface area contributed by atoms with Crippen LogP contribution in [0.1, 0.15) is 54.3 Å². The average molecular weight is 296 g/mol. The highest BCUT2D eigenvalue weighted by Gasteiger charge is 2.27. The largest absolute Gasteiger partial charge is 0.466 e. The Labute approximate surface area is 125 Å². The van der Waals surface area contributed by atoms with Crippen LogP contribution in [-0.4, -0.2) is 16.8 Å². The maximum absolute atomic E-state index is 6.37. The second-order valence-electron chi connectivity index (χ2n) is 5.39. The van der Waals surface area contributed by atoms with Crippen LogP contribution in [0.4, 0.5) is 0 Å². The molecular formula is C15H22ClN3O. The molecule has 1 atom stereocenters. The number of furan rings is 1. The van der Waals surface area contributed by atoms with E-state index in [9.17, 15) is 0 Å². The van der Waals surface area contributed by atoms with Crippen molar-refractivity contribution in [1.82, 2.24) is 15.1 Å². The summed E-state index contributed by atoms with van der Waals surface area (Å²) in [5.74, 6) is 1.87. The maximum Gasteiger partial charge on any atom is 0.106 e. The molecule has 0 aliphatic rings. The van der Waals surface area contributed by atoms with Crippen molar-refractivity contribution in [2.75, 3.05) is 7.05 Å². The molecule has 2 rings (SSSR count). The third kappa shape index (κ3) is 2.38. The molecule has 0 amide bonds. The van der Waals surface area contributed by atoms with Crippen molar-refractivity contribution in [3.05, 3.63) is 39.6 Å². The second-order valence-corrected chi connectivity index (χ2v) is 5.80. The van der Waals surface area contributed by atoms with Crippen molar-refractivity contribution in [2.45, 2.75) is 46.7 Å². The monoisotopic (exact) mass is 295 g/mol. The van der Waals surface area contributed by atoms with E-state index in [2.05, 4.69) is 31.2 Å². The van der Waals surface area contributed by atoms with Gasteiger partial charge in [0.15, 0.2) is 0 Å². The molecule has 1 N–H and O–H groups in total. The fourth-order valence-electron chi connectivity index (χ4n) is 2.68. The van der Waals surface area contributed by atoms with E-state index in [1.165, 1.54) is 0 Å². The Balaban J connectivity index is 2.61. The summed E-state index contributed by atoms with van der Waals surface area (Å²) in [5, 5.41) is 8.41. The lowest BCUT2D eigenvalue weighted by Gasteiger charge is -2.21. The quantitative estimate of drug-likeness (QED) is 0.929. The first-order chi connectivity index (χ1) is 9.38. The average Bonchev–Trinajstić information content (AvgIpc) is 2.86. The van der Waals surface area contributed by atoms with Gasteiger partial charge in [-0.25, -0.2) is 0 Å². The third-order valence-corrected chi connectivity index (χ3v) is 4.04. The third-order valence-electron chi connectivity index (χ3n) is 3.74. The van der Waals surface area contributed by atoms with Crippen molar-refractivity contribution in [3.63, 3.8) is 0 Å². The highest BCUT2D eigenvalue weighted by atomic mass is 35.5. The highest BCUT2D eigenvalue weighted by molar-refractivity contribution is 6.31. The summed E-state index contributed by atoms with van der Waals surface area (Å²) in [6.45, 7) is 10.2. The molecule has 0 aliphatic carbocycles. The van der Waals surface area contributed by atoms with Crippen LogP contribution in [-0.2, 0) is 0 Å². The number of aryl methyl sites for hydroxylation is 2. The molecule has 2 heterocycles. The van der Waals surface area contributed by atoms with Gasteiger partial charge in [0, 0.05) is 11.6 Å². The van der Waals surface area contributed by atoms with E-state index in [0.29, 0.717) is 5.02 Å². The summed E-state index contributed by atoms with van der Waals surface area (Å²) in [4.78, 5) is 0. The van der Waals surface area contributed by atoms with E-state index in [4.69, 9.17) is 16.0 Å². The fraction of sp³-hybridized carbons (Fsp3) is 0.533. The van der Waals surface area contributed by atoms with Gasteiger partial charge in [0.1, 0.15) is 11.5 Å². The molecule has 0 aromatic carbocycles. The maximum atomic E-state index is 6.37. The molecule has 0 saturated carbocycles. The molecule has 0 spiro atoms. The second kappa shape index (κ2) is 5.62. The van der Waals surface area contributed by atoms with Crippen LogP contribution in [0.3, 0.4) is 0 Å². The molecule has 2 aromatic heterocycles. The van der Waals surface area contributed by atoms with Gasteiger partial charge in [-0.2, -0.15) is 5.10 Å². The Hall–Kier alpha value is -1.26. The Morgan fingerprint density at radius 3 is 2.35 bits per heavy atom. The van der Waals surface area contributed by atoms with Crippen molar-refractivity contribution in [2.24, 2.45) is 0 Å². The Bertz CT molecular complexity index is 613. The number of hydrogen-bond acceptors (Lipinski definition) is 3. The number of nitrogens with one attached hydrogen (secondary N) is 1. The van der Waals surface area contributed by atoms with Gasteiger partial charge >= 0.3 is 0 Å². The standard InChI is InChI=1S/C15H22ClN3O/c1-8(2)19-15(12(16)7-18-19)14(17-6)13-9(3)10(4)20-11(13)5/h7-8,14,17H,1-6H3. The molecule has 0 aliphatic heterocycles. The van der Waals surface area contributed by atoms with Crippen molar-refractivity contribution in [1.29, 1.82) is 0 Å². The molecule has 0 fully saturated rings. The number of aromatic nitrogens is 2. The van der Waals surface area contributed by atoms with E-state index in [1.807, 2.05) is 25.6 Å². The fourth-order valence-corrected chi connectivity index (χ4v) is 2.92. The minimum atomic E-state index is -0.0233. The molecule has 5 heteroatoms. The summed E-state index contributed by atoms with van der Waals surface area (Å²) in [5.41, 5.74) is 3.29. The SMILES string of the molecule is CNC(c1c(C)oc(C)c1C)c1c(Cl)cnn1C(C)C. The Kier molecular flexibility index (Phi) is 4.25. The lowest BCUT2D eigenvalue weighted by molar-refractivity contribution is 0.472. The van der Waals surface area contributed by atoms with Gasteiger partial charge < -0.3 is 9.73 Å². The zero-order chi connectivity index (χ0) is 15.0. The van der Waals surface area contributed by atoms with E-state index in [-0.39, 0.29) is 12.1 Å². The van der Waals surface area contributed by atoms with E-state index in [0.717, 1.165) is 28.3 Å². The molecule has 0 radical (unpaired) electrons. The zero-order valence-corrected chi connectivity index (χ0v) is 13.7. The van der Waals surface area contributed by atoms with Crippen LogP contribution in [0.15, 0.2) is 10.6 Å². The summed E-state index contributed by atoms with van der Waals surface area (Å²) in [6.07, 6.45) is 1.71. The van der Waals surface area contributed by atoms with Crippen molar-refractivity contribution >= 4 is 11.6 Å². The first-order valence-corrected chi connectivity index (χ1v) is 7.22. The predicted octanol–water partition coefficient (Wildman–Crippen LogP) is 3.94. The van der Waals surface area contributed by atoms with Gasteiger partial charge in [0.2, 0.25) is 0 Å².